The maximum Gasteiger partial charge on any atom is 0.257 e. The summed E-state index contributed by atoms with van der Waals surface area (Å²) in [6.07, 6.45) is 0.628. The number of ether oxygens (including phenoxy) is 2. The molecule has 0 radical (unpaired) electrons. The number of nitrogens with zero attached hydrogens (tertiary/aromatic N) is 4. The molecule has 1 unspecified atom stereocenters. The van der Waals surface area contributed by atoms with Crippen molar-refractivity contribution < 1.29 is 14.3 Å². The SMILES string of the molecule is COc1ccc(C2=NN(C(=O)CN3CCN(Cc4ccccc4)CC3)C(c3ccccc3)C2)c(OC)c1. The van der Waals surface area contributed by atoms with E-state index >= 15 is 0 Å². The largest absolute Gasteiger partial charge is 0.497 e. The van der Waals surface area contributed by atoms with Crippen LogP contribution in [0.15, 0.2) is 84.0 Å². The van der Waals surface area contributed by atoms with Gasteiger partial charge in [-0.1, -0.05) is 60.7 Å². The van der Waals surface area contributed by atoms with Crippen molar-refractivity contribution in [2.75, 3.05) is 46.9 Å². The molecule has 37 heavy (non-hydrogen) atoms. The average molecular weight is 499 g/mol. The molecule has 0 aromatic heterocycles. The Balaban J connectivity index is 1.30. The molecule has 192 valence electrons. The predicted molar refractivity (Wildman–Crippen MR) is 145 cm³/mol. The molecular weight excluding hydrogens is 464 g/mol. The number of methoxy groups -OCH3 is 2. The van der Waals surface area contributed by atoms with Crippen LogP contribution in [0.3, 0.4) is 0 Å². The molecule has 7 heteroatoms. The highest BCUT2D eigenvalue weighted by Gasteiger charge is 2.35. The van der Waals surface area contributed by atoms with E-state index in [0.29, 0.717) is 18.7 Å². The molecular formula is C30H34N4O3. The Hall–Kier alpha value is -3.68. The van der Waals surface area contributed by atoms with Gasteiger partial charge in [0, 0.05) is 50.8 Å². The first kappa shape index (κ1) is 25.0. The lowest BCUT2D eigenvalue weighted by atomic mass is 9.98. The summed E-state index contributed by atoms with van der Waals surface area (Å²) in [7, 11) is 3.28. The number of benzene rings is 3. The smallest absolute Gasteiger partial charge is 0.257 e. The van der Waals surface area contributed by atoms with Gasteiger partial charge in [0.2, 0.25) is 0 Å². The van der Waals surface area contributed by atoms with Gasteiger partial charge in [-0.15, -0.1) is 0 Å². The van der Waals surface area contributed by atoms with E-state index in [0.717, 1.165) is 55.3 Å². The Kier molecular flexibility index (Phi) is 7.82. The zero-order chi connectivity index (χ0) is 25.6. The van der Waals surface area contributed by atoms with Crippen LogP contribution in [0.4, 0.5) is 0 Å². The van der Waals surface area contributed by atoms with Gasteiger partial charge >= 0.3 is 0 Å². The highest BCUT2D eigenvalue weighted by Crippen LogP contribution is 2.36. The summed E-state index contributed by atoms with van der Waals surface area (Å²) in [6.45, 7) is 4.93. The Morgan fingerprint density at radius 1 is 0.865 bits per heavy atom. The van der Waals surface area contributed by atoms with Gasteiger partial charge in [-0.2, -0.15) is 5.10 Å². The van der Waals surface area contributed by atoms with Gasteiger partial charge < -0.3 is 9.47 Å². The van der Waals surface area contributed by atoms with Crippen LogP contribution in [0.1, 0.15) is 29.2 Å². The van der Waals surface area contributed by atoms with Crippen LogP contribution in [0.5, 0.6) is 11.5 Å². The van der Waals surface area contributed by atoms with Crippen molar-refractivity contribution in [2.45, 2.75) is 19.0 Å². The molecule has 1 atom stereocenters. The van der Waals surface area contributed by atoms with Crippen LogP contribution < -0.4 is 9.47 Å². The van der Waals surface area contributed by atoms with Crippen molar-refractivity contribution >= 4 is 11.6 Å². The third-order valence-electron chi connectivity index (χ3n) is 7.14. The van der Waals surface area contributed by atoms with E-state index in [1.54, 1.807) is 19.2 Å². The van der Waals surface area contributed by atoms with Crippen molar-refractivity contribution in [3.63, 3.8) is 0 Å². The second kappa shape index (κ2) is 11.6. The molecule has 0 bridgehead atoms. The van der Waals surface area contributed by atoms with E-state index in [1.165, 1.54) is 5.56 Å². The third-order valence-corrected chi connectivity index (χ3v) is 7.14. The number of carbonyl (C=O) groups is 1. The van der Waals surface area contributed by atoms with Gasteiger partial charge in [0.15, 0.2) is 0 Å². The minimum atomic E-state index is -0.144. The first-order chi connectivity index (χ1) is 18.1. The molecule has 1 saturated heterocycles. The molecule has 0 aliphatic carbocycles. The molecule has 5 rings (SSSR count). The lowest BCUT2D eigenvalue weighted by Gasteiger charge is -2.35. The lowest BCUT2D eigenvalue weighted by molar-refractivity contribution is -0.134. The number of hydrazone groups is 1. The fraction of sp³-hybridized carbons (Fsp3) is 0.333. The summed E-state index contributed by atoms with van der Waals surface area (Å²) < 4.78 is 11.0. The maximum atomic E-state index is 13.6. The third kappa shape index (κ3) is 5.84. The first-order valence-electron chi connectivity index (χ1n) is 12.8. The van der Waals surface area contributed by atoms with Crippen LogP contribution in [-0.4, -0.2) is 73.4 Å². The maximum absolute atomic E-state index is 13.6. The number of rotatable bonds is 8. The molecule has 1 amide bonds. The van der Waals surface area contributed by atoms with Gasteiger partial charge in [-0.05, 0) is 23.3 Å². The van der Waals surface area contributed by atoms with E-state index in [2.05, 4.69) is 46.2 Å². The number of hydrogen-bond acceptors (Lipinski definition) is 6. The molecule has 2 aliphatic rings. The van der Waals surface area contributed by atoms with Crippen molar-refractivity contribution in [1.29, 1.82) is 0 Å². The molecule has 3 aromatic carbocycles. The number of piperazine rings is 1. The summed E-state index contributed by atoms with van der Waals surface area (Å²) in [6, 6.07) is 26.3. The van der Waals surface area contributed by atoms with Crippen LogP contribution in [0.2, 0.25) is 0 Å². The monoisotopic (exact) mass is 498 g/mol. The van der Waals surface area contributed by atoms with E-state index in [4.69, 9.17) is 14.6 Å². The zero-order valence-corrected chi connectivity index (χ0v) is 21.5. The second-order valence-corrected chi connectivity index (χ2v) is 9.52. The minimum Gasteiger partial charge on any atom is -0.497 e. The van der Waals surface area contributed by atoms with E-state index in [9.17, 15) is 4.79 Å². The normalized spacial score (nSPS) is 18.5. The highest BCUT2D eigenvalue weighted by atomic mass is 16.5. The number of amides is 1. The molecule has 0 saturated carbocycles. The van der Waals surface area contributed by atoms with E-state index in [1.807, 2.05) is 42.5 Å². The van der Waals surface area contributed by atoms with Crippen LogP contribution in [0, 0.1) is 0 Å². The van der Waals surface area contributed by atoms with Gasteiger partial charge in [-0.3, -0.25) is 14.6 Å². The second-order valence-electron chi connectivity index (χ2n) is 9.52. The lowest BCUT2D eigenvalue weighted by Crippen LogP contribution is -2.49. The van der Waals surface area contributed by atoms with Gasteiger partial charge in [0.1, 0.15) is 11.5 Å². The standard InChI is InChI=1S/C30H34N4O3/c1-36-25-13-14-26(29(19-25)37-2)27-20-28(24-11-7-4-8-12-24)34(31-27)30(35)22-33-17-15-32(16-18-33)21-23-9-5-3-6-10-23/h3-14,19,28H,15-18,20-22H2,1-2H3. The summed E-state index contributed by atoms with van der Waals surface area (Å²) >= 11 is 0. The predicted octanol–water partition coefficient (Wildman–Crippen LogP) is 4.20. The molecule has 1 fully saturated rings. The molecule has 2 heterocycles. The number of carbonyl (C=O) groups excluding carboxylic acids is 1. The van der Waals surface area contributed by atoms with E-state index in [-0.39, 0.29) is 11.9 Å². The van der Waals surface area contributed by atoms with Gasteiger partial charge in [0.05, 0.1) is 32.5 Å². The van der Waals surface area contributed by atoms with Crippen molar-refractivity contribution in [2.24, 2.45) is 5.10 Å². The molecule has 0 spiro atoms. The number of hydrogen-bond donors (Lipinski definition) is 0. The summed E-state index contributed by atoms with van der Waals surface area (Å²) in [5.74, 6) is 1.43. The fourth-order valence-corrected chi connectivity index (χ4v) is 5.09. The summed E-state index contributed by atoms with van der Waals surface area (Å²) in [4.78, 5) is 18.3. The van der Waals surface area contributed by atoms with Crippen molar-refractivity contribution in [3.05, 3.63) is 95.6 Å². The Morgan fingerprint density at radius 2 is 1.54 bits per heavy atom. The Bertz CT molecular complexity index is 1220. The van der Waals surface area contributed by atoms with Crippen LogP contribution >= 0.6 is 0 Å². The van der Waals surface area contributed by atoms with Crippen molar-refractivity contribution in [3.8, 4) is 11.5 Å². The topological polar surface area (TPSA) is 57.6 Å². The zero-order valence-electron chi connectivity index (χ0n) is 21.5. The quantitative estimate of drug-likeness (QED) is 0.466. The van der Waals surface area contributed by atoms with Crippen LogP contribution in [0.25, 0.3) is 0 Å². The Labute approximate surface area is 218 Å². The fourth-order valence-electron chi connectivity index (χ4n) is 5.09. The highest BCUT2D eigenvalue weighted by molar-refractivity contribution is 6.05. The molecule has 3 aromatic rings. The van der Waals surface area contributed by atoms with Gasteiger partial charge in [-0.25, -0.2) is 5.01 Å². The molecule has 2 aliphatic heterocycles. The minimum absolute atomic E-state index is 0.0211. The Morgan fingerprint density at radius 3 is 2.22 bits per heavy atom. The van der Waals surface area contributed by atoms with E-state index < -0.39 is 0 Å². The van der Waals surface area contributed by atoms with Gasteiger partial charge in [0.25, 0.3) is 5.91 Å². The molecule has 7 nitrogen and oxygen atoms in total. The first-order valence-corrected chi connectivity index (χ1v) is 12.8. The van der Waals surface area contributed by atoms with Crippen molar-refractivity contribution in [1.82, 2.24) is 14.8 Å². The summed E-state index contributed by atoms with van der Waals surface area (Å²) in [5.41, 5.74) is 4.13. The molecule has 0 N–H and O–H groups in total. The average Bonchev–Trinajstić information content (AvgIpc) is 3.40. The summed E-state index contributed by atoms with van der Waals surface area (Å²) in [5, 5.41) is 6.54. The van der Waals surface area contributed by atoms with Crippen LogP contribution in [-0.2, 0) is 11.3 Å².